The van der Waals surface area contributed by atoms with E-state index >= 15 is 0 Å². The lowest BCUT2D eigenvalue weighted by Gasteiger charge is -2.38. The molecule has 9 heteroatoms. The van der Waals surface area contributed by atoms with E-state index in [9.17, 15) is 26.3 Å². The van der Waals surface area contributed by atoms with Crippen molar-refractivity contribution in [2.45, 2.75) is 61.4 Å². The maximum Gasteiger partial charge on any atom is 0.398 e. The molecule has 19 heavy (non-hydrogen) atoms. The van der Waals surface area contributed by atoms with Crippen LogP contribution in [0.5, 0.6) is 0 Å². The molecule has 2 atom stereocenters. The van der Waals surface area contributed by atoms with E-state index in [0.717, 1.165) is 0 Å². The smallest absolute Gasteiger partial charge is 0.170 e. The zero-order valence-corrected chi connectivity index (χ0v) is 14.6. The van der Waals surface area contributed by atoms with E-state index in [1.54, 1.807) is 0 Å². The summed E-state index contributed by atoms with van der Waals surface area (Å²) in [7, 11) is -5.56. The molecule has 0 aliphatic rings. The molecule has 0 bridgehead atoms. The highest BCUT2D eigenvalue weighted by Crippen LogP contribution is 2.46. The molecule has 0 aromatic rings. The Morgan fingerprint density at radius 3 is 0.947 bits per heavy atom. The largest absolute Gasteiger partial charge is 0.398 e. The molecule has 116 valence electrons. The highest BCUT2D eigenvalue weighted by Gasteiger charge is 2.56. The lowest BCUT2D eigenvalue weighted by atomic mass is 10.7. The van der Waals surface area contributed by atoms with E-state index in [1.807, 2.05) is 0 Å². The Morgan fingerprint density at radius 1 is 0.632 bits per heavy atom. The summed E-state index contributed by atoms with van der Waals surface area (Å²) in [5, 5.41) is 0. The summed E-state index contributed by atoms with van der Waals surface area (Å²) in [6.45, 7) is 8.73. The van der Waals surface area contributed by atoms with Gasteiger partial charge in [0, 0.05) is 0 Å². The Balaban J connectivity index is 5.43. The van der Waals surface area contributed by atoms with Crippen LogP contribution in [0.25, 0.3) is 0 Å². The van der Waals surface area contributed by atoms with Crippen LogP contribution in [0.2, 0.25) is 39.3 Å². The topological polar surface area (TPSA) is 0 Å². The van der Waals surface area contributed by atoms with Crippen LogP contribution in [0.3, 0.4) is 0 Å². The molecule has 0 rings (SSSR count). The molecule has 0 N–H and O–H groups in total. The van der Waals surface area contributed by atoms with E-state index in [0.29, 0.717) is 0 Å². The summed E-state index contributed by atoms with van der Waals surface area (Å²) in [4.78, 5) is -3.78. The van der Waals surface area contributed by atoms with Crippen LogP contribution in [0.1, 0.15) is 0 Å². The van der Waals surface area contributed by atoms with E-state index in [1.165, 1.54) is 39.3 Å². The fourth-order valence-corrected chi connectivity index (χ4v) is 8.72. The summed E-state index contributed by atoms with van der Waals surface area (Å²) < 4.78 is 78.1. The fraction of sp³-hybridized carbons (Fsp3) is 1.00. The van der Waals surface area contributed by atoms with Crippen LogP contribution in [0, 0.1) is 0 Å². The average molecular weight is 342 g/mol. The Morgan fingerprint density at radius 2 is 0.842 bits per heavy atom. The second-order valence-electron chi connectivity index (χ2n) is 6.71. The first-order valence-electron chi connectivity index (χ1n) is 5.76. The van der Waals surface area contributed by atoms with Gasteiger partial charge in [0.15, 0.2) is 0 Å². The third kappa shape index (κ3) is 6.11. The summed E-state index contributed by atoms with van der Waals surface area (Å²) >= 11 is 0.0910. The number of halogens is 6. The van der Waals surface area contributed by atoms with Gasteiger partial charge in [-0.15, -0.1) is 11.8 Å². The van der Waals surface area contributed by atoms with Crippen molar-refractivity contribution in [3.05, 3.63) is 0 Å². The molecule has 0 aromatic carbocycles. The molecule has 0 aromatic heterocycles. The Hall–Kier alpha value is 0.364. The third-order valence-corrected chi connectivity index (χ3v) is 12.4. The van der Waals surface area contributed by atoms with Crippen molar-refractivity contribution in [2.75, 3.05) is 0 Å². The number of hydrogen-bond donors (Lipinski definition) is 0. The van der Waals surface area contributed by atoms with Gasteiger partial charge in [-0.2, -0.15) is 26.3 Å². The zero-order valence-electron chi connectivity index (χ0n) is 11.8. The second-order valence-corrected chi connectivity index (χ2v) is 19.4. The van der Waals surface area contributed by atoms with Crippen LogP contribution in [-0.4, -0.2) is 38.2 Å². The molecule has 0 heterocycles. The van der Waals surface area contributed by atoms with E-state index in [2.05, 4.69) is 0 Å². The molecular weight excluding hydrogens is 322 g/mol. The van der Waals surface area contributed by atoms with Gasteiger partial charge in [0.25, 0.3) is 0 Å². The highest BCUT2D eigenvalue weighted by atomic mass is 32.2. The minimum atomic E-state index is -4.59. The molecule has 2 unspecified atom stereocenters. The summed E-state index contributed by atoms with van der Waals surface area (Å²) in [5.41, 5.74) is 0. The van der Waals surface area contributed by atoms with Gasteiger partial charge in [0.2, 0.25) is 0 Å². The van der Waals surface area contributed by atoms with Gasteiger partial charge in [-0.1, -0.05) is 39.3 Å². The fourth-order valence-electron chi connectivity index (χ4n) is 1.68. The van der Waals surface area contributed by atoms with Gasteiger partial charge in [-0.05, 0) is 0 Å². The van der Waals surface area contributed by atoms with Gasteiger partial charge in [-0.25, -0.2) is 0 Å². The predicted octanol–water partition coefficient (Wildman–Crippen LogP) is 5.34. The maximum absolute atomic E-state index is 13.0. The quantitative estimate of drug-likeness (QED) is 0.491. The summed E-state index contributed by atoms with van der Waals surface area (Å²) in [6.07, 6.45) is -9.17. The maximum atomic E-state index is 13.0. The van der Waals surface area contributed by atoms with Crippen molar-refractivity contribution in [3.8, 4) is 0 Å². The molecule has 0 aliphatic heterocycles. The van der Waals surface area contributed by atoms with Gasteiger partial charge >= 0.3 is 12.4 Å². The lowest BCUT2D eigenvalue weighted by Crippen LogP contribution is -2.53. The predicted molar refractivity (Wildman–Crippen MR) is 74.0 cm³/mol. The van der Waals surface area contributed by atoms with E-state index in [-0.39, 0.29) is 11.8 Å². The van der Waals surface area contributed by atoms with Crippen LogP contribution >= 0.6 is 11.8 Å². The van der Waals surface area contributed by atoms with Crippen molar-refractivity contribution < 1.29 is 26.3 Å². The molecule has 0 amide bonds. The lowest BCUT2D eigenvalue weighted by molar-refractivity contribution is -0.121. The number of rotatable bonds is 4. The van der Waals surface area contributed by atoms with Crippen LogP contribution in [0.4, 0.5) is 26.3 Å². The van der Waals surface area contributed by atoms with Crippen LogP contribution in [0.15, 0.2) is 0 Å². The van der Waals surface area contributed by atoms with Crippen molar-refractivity contribution in [2.24, 2.45) is 0 Å². The van der Waals surface area contributed by atoms with Gasteiger partial charge in [-0.3, -0.25) is 0 Å². The van der Waals surface area contributed by atoms with Crippen molar-refractivity contribution >= 4 is 27.9 Å². The van der Waals surface area contributed by atoms with Crippen LogP contribution < -0.4 is 0 Å². The number of thioether (sulfide) groups is 1. The van der Waals surface area contributed by atoms with Crippen molar-refractivity contribution in [3.63, 3.8) is 0 Å². The Labute approximate surface area is 116 Å². The highest BCUT2D eigenvalue weighted by molar-refractivity contribution is 8.04. The van der Waals surface area contributed by atoms with Crippen molar-refractivity contribution in [1.29, 1.82) is 0 Å². The minimum absolute atomic E-state index is 0.0910. The Kier molecular flexibility index (Phi) is 5.74. The number of hydrogen-bond acceptors (Lipinski definition) is 1. The Bertz CT molecular complexity index is 241. The SMILES string of the molecule is C[Si](C)(C)C(SC(C(F)(F)F)[Si](C)(C)C)C(F)(F)F. The standard InChI is InChI=1S/C10H20F6SSi2/c1-18(2,3)7(9(11,12)13)17-8(10(14,15)16)19(4,5)6/h7-8H,1-6H3. The monoisotopic (exact) mass is 342 g/mol. The van der Waals surface area contributed by atoms with Gasteiger partial charge in [0.05, 0.1) is 25.9 Å². The number of alkyl halides is 6. The normalized spacial score (nSPS) is 18.3. The molecule has 0 radical (unpaired) electrons. The van der Waals surface area contributed by atoms with Gasteiger partial charge in [0.1, 0.15) is 0 Å². The third-order valence-electron chi connectivity index (χ3n) is 2.44. The first kappa shape index (κ1) is 19.4. The molecule has 0 aliphatic carbocycles. The first-order chi connectivity index (χ1) is 7.97. The van der Waals surface area contributed by atoms with Crippen molar-refractivity contribution in [1.82, 2.24) is 0 Å². The molecule has 0 saturated heterocycles. The van der Waals surface area contributed by atoms with E-state index in [4.69, 9.17) is 0 Å². The molecule has 0 fully saturated rings. The van der Waals surface area contributed by atoms with Crippen LogP contribution in [-0.2, 0) is 0 Å². The molecule has 0 spiro atoms. The second kappa shape index (κ2) is 5.63. The van der Waals surface area contributed by atoms with Gasteiger partial charge < -0.3 is 0 Å². The zero-order chi connectivity index (χ0) is 15.9. The summed E-state index contributed by atoms with van der Waals surface area (Å²) in [6, 6.07) is 0. The molecule has 0 saturated carbocycles. The minimum Gasteiger partial charge on any atom is -0.170 e. The van der Waals surface area contributed by atoms with E-state index < -0.39 is 38.2 Å². The molecular formula is C10H20F6SSi2. The summed E-state index contributed by atoms with van der Waals surface area (Å²) in [5.74, 6) is 0. The first-order valence-corrected chi connectivity index (χ1v) is 13.9. The molecule has 0 nitrogen and oxygen atoms in total. The average Bonchev–Trinajstić information content (AvgIpc) is 1.91.